The van der Waals surface area contributed by atoms with E-state index in [1.165, 1.54) is 23.1 Å². The van der Waals surface area contributed by atoms with E-state index >= 15 is 0 Å². The molecule has 2 amide bonds. The Labute approximate surface area is 225 Å². The summed E-state index contributed by atoms with van der Waals surface area (Å²) in [5.74, 6) is -5.24. The fraction of sp³-hybridized carbons (Fsp3) is 0.560. The molecule has 4 rings (SSSR count). The molecule has 1 aromatic carbocycles. The number of likely N-dealkylation sites (tertiary alicyclic amines) is 1. The van der Waals surface area contributed by atoms with Gasteiger partial charge in [-0.15, -0.1) is 0 Å². The number of halogens is 2. The van der Waals surface area contributed by atoms with Crippen LogP contribution in [0.15, 0.2) is 47.5 Å². The average molecular weight is 571 g/mol. The molecule has 7 atom stereocenters. The maximum Gasteiger partial charge on any atom is 0.459 e. The van der Waals surface area contributed by atoms with E-state index in [4.69, 9.17) is 19.5 Å². The first kappa shape index (κ1) is 29.3. The lowest BCUT2D eigenvalue weighted by molar-refractivity contribution is -0.128. The molecule has 39 heavy (non-hydrogen) atoms. The van der Waals surface area contributed by atoms with Crippen molar-refractivity contribution in [2.24, 2.45) is 22.6 Å². The van der Waals surface area contributed by atoms with Crippen molar-refractivity contribution in [3.8, 4) is 5.75 Å². The number of carbonyl (C=O) groups is 2. The van der Waals surface area contributed by atoms with Crippen LogP contribution in [0.1, 0.15) is 26.2 Å². The summed E-state index contributed by atoms with van der Waals surface area (Å²) in [5, 5.41) is 13.0. The van der Waals surface area contributed by atoms with Crippen molar-refractivity contribution in [3.05, 3.63) is 42.5 Å². The molecule has 11 nitrogen and oxygen atoms in total. The van der Waals surface area contributed by atoms with Gasteiger partial charge in [-0.2, -0.15) is 10.1 Å². The molecule has 2 fully saturated rings. The number of benzene rings is 1. The summed E-state index contributed by atoms with van der Waals surface area (Å²) in [7, 11) is -2.67. The van der Waals surface area contributed by atoms with Gasteiger partial charge in [0.25, 0.3) is 5.91 Å². The maximum absolute atomic E-state index is 15.0. The molecule has 4 N–H and O–H groups in total. The zero-order chi connectivity index (χ0) is 28.4. The Bertz CT molecular complexity index is 1170. The number of amides is 2. The molecule has 3 aliphatic rings. The van der Waals surface area contributed by atoms with Gasteiger partial charge in [-0.05, 0) is 43.4 Å². The Balaban J connectivity index is 1.43. The number of nitrogens with one attached hydrogen (secondary N) is 1. The van der Waals surface area contributed by atoms with Crippen molar-refractivity contribution in [3.63, 3.8) is 0 Å². The molecule has 7 unspecified atom stereocenters. The van der Waals surface area contributed by atoms with Crippen LogP contribution in [0.4, 0.5) is 8.78 Å². The quantitative estimate of drug-likeness (QED) is 0.360. The summed E-state index contributed by atoms with van der Waals surface area (Å²) in [6.45, 7) is 1.48. The number of nitrogens with zero attached hydrogens (tertiary/aromatic N) is 2. The average Bonchev–Trinajstić information content (AvgIpc) is 3.26. The Morgan fingerprint density at radius 1 is 1.28 bits per heavy atom. The monoisotopic (exact) mass is 570 g/mol. The first-order chi connectivity index (χ1) is 18.4. The number of likely N-dealkylation sites (N-methyl/N-ethyl adjacent to an activating group) is 1. The molecule has 3 heterocycles. The van der Waals surface area contributed by atoms with Crippen LogP contribution in [0.2, 0.25) is 0 Å². The number of allylic oxidation sites excluding steroid dienone is 1. The predicted molar refractivity (Wildman–Crippen MR) is 137 cm³/mol. The summed E-state index contributed by atoms with van der Waals surface area (Å²) < 4.78 is 60.1. The summed E-state index contributed by atoms with van der Waals surface area (Å²) in [5.41, 5.74) is 5.62. The minimum atomic E-state index is -4.27. The summed E-state index contributed by atoms with van der Waals surface area (Å²) >= 11 is 0. The number of aliphatic hydroxyl groups is 1. The number of nitrogens with two attached hydrogens (primary N) is 1. The van der Waals surface area contributed by atoms with E-state index in [2.05, 4.69) is 10.1 Å². The number of ether oxygens (including phenoxy) is 1. The van der Waals surface area contributed by atoms with Crippen molar-refractivity contribution in [2.75, 3.05) is 20.2 Å². The lowest BCUT2D eigenvalue weighted by atomic mass is 9.87. The molecule has 3 aliphatic heterocycles. The van der Waals surface area contributed by atoms with Gasteiger partial charge in [-0.1, -0.05) is 31.2 Å². The van der Waals surface area contributed by atoms with Gasteiger partial charge in [0.15, 0.2) is 0 Å². The van der Waals surface area contributed by atoms with Gasteiger partial charge in [-0.3, -0.25) is 14.1 Å². The van der Waals surface area contributed by atoms with Crippen molar-refractivity contribution >= 4 is 25.4 Å². The second-order valence-electron chi connectivity index (χ2n) is 9.99. The van der Waals surface area contributed by atoms with E-state index in [1.54, 1.807) is 38.2 Å². The summed E-state index contributed by atoms with van der Waals surface area (Å²) in [6.07, 6.45) is -2.21. The molecule has 0 saturated carbocycles. The first-order valence-corrected chi connectivity index (χ1v) is 14.2. The van der Waals surface area contributed by atoms with Gasteiger partial charge < -0.3 is 25.0 Å². The fourth-order valence-electron chi connectivity index (χ4n) is 4.79. The van der Waals surface area contributed by atoms with Crippen LogP contribution in [-0.2, 0) is 23.4 Å². The molecule has 0 aliphatic carbocycles. The number of rotatable bonds is 10. The number of aliphatic imine (C=N–C) groups is 1. The highest BCUT2D eigenvalue weighted by Crippen LogP contribution is 2.47. The molecule has 2 saturated heterocycles. The molecule has 214 valence electrons. The standard InChI is InChI=1S/C25H33F2N4O7P/c1-15-8-11-21(28)29-23(33)17(15)9-10-20-25(26,27)22(32)19(37-20)14-36-39(35,38-16-6-4-3-5-7-16)30-18-12-13-31(2)24(18)34/h3-8,11,15,17-20,22,32H,9-10,12-14H2,1-2H3,(H,30,35)(H2,28,29,33). The van der Waals surface area contributed by atoms with Gasteiger partial charge in [0.05, 0.1) is 12.6 Å². The van der Waals surface area contributed by atoms with Crippen LogP contribution in [0.5, 0.6) is 5.75 Å². The zero-order valence-electron chi connectivity index (χ0n) is 21.6. The number of amidine groups is 1. The molecule has 0 aromatic heterocycles. The Morgan fingerprint density at radius 3 is 2.67 bits per heavy atom. The van der Waals surface area contributed by atoms with Crippen LogP contribution >= 0.6 is 7.75 Å². The van der Waals surface area contributed by atoms with Crippen LogP contribution in [0, 0.1) is 11.8 Å². The number of hydrogen-bond acceptors (Lipinski definition) is 8. The van der Waals surface area contributed by atoms with Gasteiger partial charge in [-0.25, -0.2) is 13.3 Å². The fourth-order valence-corrected chi connectivity index (χ4v) is 6.34. The van der Waals surface area contributed by atoms with Crippen LogP contribution in [0.25, 0.3) is 0 Å². The van der Waals surface area contributed by atoms with Gasteiger partial charge in [0.1, 0.15) is 29.9 Å². The Kier molecular flexibility index (Phi) is 8.87. The minimum Gasteiger partial charge on any atom is -0.413 e. The normalized spacial score (nSPS) is 32.1. The topological polar surface area (TPSA) is 153 Å². The third-order valence-electron chi connectivity index (χ3n) is 7.14. The van der Waals surface area contributed by atoms with Crippen molar-refractivity contribution in [1.29, 1.82) is 0 Å². The lowest BCUT2D eigenvalue weighted by Crippen LogP contribution is -2.41. The molecule has 0 bridgehead atoms. The van der Waals surface area contributed by atoms with Gasteiger partial charge in [0.2, 0.25) is 5.91 Å². The third kappa shape index (κ3) is 6.72. The number of aliphatic hydroxyl groups excluding tert-OH is 1. The van der Waals surface area contributed by atoms with E-state index in [0.29, 0.717) is 13.0 Å². The number of alkyl halides is 2. The second-order valence-corrected chi connectivity index (χ2v) is 11.7. The lowest BCUT2D eigenvalue weighted by Gasteiger charge is -2.24. The van der Waals surface area contributed by atoms with Crippen molar-refractivity contribution in [1.82, 2.24) is 9.99 Å². The number of hydrogen-bond donors (Lipinski definition) is 3. The molecule has 1 aromatic rings. The van der Waals surface area contributed by atoms with Crippen LogP contribution < -0.4 is 15.3 Å². The van der Waals surface area contributed by atoms with E-state index in [-0.39, 0.29) is 36.3 Å². The molecule has 0 radical (unpaired) electrons. The summed E-state index contributed by atoms with van der Waals surface area (Å²) in [6, 6.07) is 7.17. The highest BCUT2D eigenvalue weighted by Gasteiger charge is 2.58. The number of carbonyl (C=O) groups excluding carboxylic acids is 2. The van der Waals surface area contributed by atoms with Gasteiger partial charge >= 0.3 is 13.7 Å². The predicted octanol–water partition coefficient (Wildman–Crippen LogP) is 2.26. The van der Waals surface area contributed by atoms with E-state index in [0.717, 1.165) is 0 Å². The van der Waals surface area contributed by atoms with Crippen molar-refractivity contribution < 1.29 is 41.8 Å². The van der Waals surface area contributed by atoms with E-state index in [9.17, 15) is 28.0 Å². The highest BCUT2D eigenvalue weighted by atomic mass is 31.2. The van der Waals surface area contributed by atoms with Crippen LogP contribution in [0.3, 0.4) is 0 Å². The first-order valence-electron chi connectivity index (χ1n) is 12.7. The largest absolute Gasteiger partial charge is 0.459 e. The molecular formula is C25H33F2N4O7P. The summed E-state index contributed by atoms with van der Waals surface area (Å²) in [4.78, 5) is 30.0. The number of para-hydroxylation sites is 1. The third-order valence-corrected chi connectivity index (χ3v) is 8.70. The van der Waals surface area contributed by atoms with Crippen molar-refractivity contribution in [2.45, 2.75) is 56.5 Å². The minimum absolute atomic E-state index is 0.0240. The maximum atomic E-state index is 15.0. The molecule has 0 spiro atoms. The van der Waals surface area contributed by atoms with E-state index in [1.807, 2.05) is 0 Å². The second kappa shape index (κ2) is 11.8. The molecular weight excluding hydrogens is 537 g/mol. The smallest absolute Gasteiger partial charge is 0.413 e. The molecule has 14 heteroatoms. The SMILES string of the molecule is CC1C=CC(N)=NC(=O)C1CCC1OC(COP(=O)(NC2CCN(C)C2=O)Oc2ccccc2)C(O)C1(F)F. The van der Waals surface area contributed by atoms with Crippen LogP contribution in [-0.4, -0.2) is 78.1 Å². The van der Waals surface area contributed by atoms with Gasteiger partial charge in [0, 0.05) is 19.5 Å². The van der Waals surface area contributed by atoms with E-state index < -0.39 is 56.5 Å². The highest BCUT2D eigenvalue weighted by molar-refractivity contribution is 7.52. The Morgan fingerprint density at radius 2 is 2.00 bits per heavy atom. The zero-order valence-corrected chi connectivity index (χ0v) is 22.5. The Hall–Kier alpha value is -2.70.